The maximum absolute atomic E-state index is 12.2. The molecule has 0 atom stereocenters. The van der Waals surface area contributed by atoms with Crippen molar-refractivity contribution in [3.63, 3.8) is 0 Å². The zero-order chi connectivity index (χ0) is 20.4. The van der Waals surface area contributed by atoms with Crippen molar-refractivity contribution in [2.75, 3.05) is 11.1 Å². The molecule has 1 amide bonds. The minimum Gasteiger partial charge on any atom is -0.453 e. The van der Waals surface area contributed by atoms with Crippen molar-refractivity contribution < 1.29 is 9.21 Å². The second-order valence-electron chi connectivity index (χ2n) is 6.25. The van der Waals surface area contributed by atoms with E-state index in [1.807, 2.05) is 35.9 Å². The lowest BCUT2D eigenvalue weighted by Crippen LogP contribution is -2.14. The largest absolute Gasteiger partial charge is 0.453 e. The van der Waals surface area contributed by atoms with E-state index in [2.05, 4.69) is 48.6 Å². The van der Waals surface area contributed by atoms with Crippen LogP contribution >= 0.6 is 39.0 Å². The Bertz CT molecular complexity index is 1170. The van der Waals surface area contributed by atoms with Crippen LogP contribution in [0, 0.1) is 0 Å². The first kappa shape index (κ1) is 20.0. The predicted molar refractivity (Wildman–Crippen MR) is 117 cm³/mol. The molecule has 0 aliphatic carbocycles. The molecule has 4 rings (SSSR count). The molecular weight excluding hydrogens is 476 g/mol. The van der Waals surface area contributed by atoms with Gasteiger partial charge in [-0.2, -0.15) is 0 Å². The Morgan fingerprint density at radius 2 is 2.14 bits per heavy atom. The van der Waals surface area contributed by atoms with Crippen LogP contribution in [0.5, 0.6) is 0 Å². The van der Waals surface area contributed by atoms with Crippen molar-refractivity contribution in [1.29, 1.82) is 0 Å². The van der Waals surface area contributed by atoms with Crippen molar-refractivity contribution in [3.8, 4) is 11.6 Å². The Morgan fingerprint density at radius 1 is 1.28 bits per heavy atom. The van der Waals surface area contributed by atoms with Gasteiger partial charge in [0.05, 0.1) is 5.75 Å². The predicted octanol–water partition coefficient (Wildman–Crippen LogP) is 4.53. The fourth-order valence-corrected chi connectivity index (χ4v) is 4.63. The molecule has 0 aliphatic rings. The van der Waals surface area contributed by atoms with E-state index >= 15 is 0 Å². The topological polar surface area (TPSA) is 98.7 Å². The van der Waals surface area contributed by atoms with E-state index in [4.69, 9.17) is 4.42 Å². The lowest BCUT2D eigenvalue weighted by atomic mass is 10.2. The van der Waals surface area contributed by atoms with Crippen molar-refractivity contribution in [2.45, 2.75) is 24.9 Å². The number of carbonyl (C=O) groups is 1. The molecule has 1 aromatic carbocycles. The van der Waals surface area contributed by atoms with Crippen LogP contribution in [0.3, 0.4) is 0 Å². The third kappa shape index (κ3) is 4.51. The van der Waals surface area contributed by atoms with E-state index < -0.39 is 0 Å². The average Bonchev–Trinajstić information content (AvgIpc) is 3.39. The Labute approximate surface area is 183 Å². The molecule has 3 aromatic heterocycles. The van der Waals surface area contributed by atoms with E-state index in [1.54, 1.807) is 0 Å². The zero-order valence-electron chi connectivity index (χ0n) is 15.7. The number of benzene rings is 1. The van der Waals surface area contributed by atoms with Gasteiger partial charge in [0.1, 0.15) is 10.6 Å². The van der Waals surface area contributed by atoms with Crippen LogP contribution in [0.4, 0.5) is 5.13 Å². The van der Waals surface area contributed by atoms with Gasteiger partial charge in [0.2, 0.25) is 11.0 Å². The number of fused-ring (bicyclic) bond motifs is 1. The lowest BCUT2D eigenvalue weighted by Gasteiger charge is -2.02. The van der Waals surface area contributed by atoms with E-state index in [9.17, 15) is 4.79 Å². The van der Waals surface area contributed by atoms with Crippen LogP contribution in [-0.2, 0) is 18.3 Å². The third-order valence-electron chi connectivity index (χ3n) is 4.04. The molecule has 0 bridgehead atoms. The summed E-state index contributed by atoms with van der Waals surface area (Å²) in [7, 11) is 1.85. The summed E-state index contributed by atoms with van der Waals surface area (Å²) in [4.78, 5) is 12.2. The molecule has 0 saturated carbocycles. The Morgan fingerprint density at radius 3 is 2.97 bits per heavy atom. The first-order chi connectivity index (χ1) is 14.0. The van der Waals surface area contributed by atoms with E-state index in [0.29, 0.717) is 21.9 Å². The van der Waals surface area contributed by atoms with Crippen LogP contribution in [-0.4, -0.2) is 36.6 Å². The molecule has 11 heteroatoms. The molecule has 4 aromatic rings. The highest BCUT2D eigenvalue weighted by Crippen LogP contribution is 2.30. The van der Waals surface area contributed by atoms with Crippen molar-refractivity contribution >= 4 is 61.0 Å². The number of nitrogens with zero attached hydrogens (tertiary/aromatic N) is 5. The summed E-state index contributed by atoms with van der Waals surface area (Å²) < 4.78 is 8.68. The Kier molecular flexibility index (Phi) is 5.97. The van der Waals surface area contributed by atoms with Crippen molar-refractivity contribution in [1.82, 2.24) is 25.0 Å². The van der Waals surface area contributed by atoms with E-state index in [-0.39, 0.29) is 11.7 Å². The van der Waals surface area contributed by atoms with Gasteiger partial charge in [-0.05, 0) is 30.7 Å². The number of thioether (sulfide) groups is 1. The summed E-state index contributed by atoms with van der Waals surface area (Å²) in [5, 5.41) is 22.3. The standard InChI is InChI=1S/C18H17BrN6O2S2/c1-3-4-15-21-23-17(29-15)20-14(26)9-28-18-24-22-16(25(18)2)13-8-10-7-11(19)5-6-12(10)27-13/h5-8H,3-4,9H2,1-2H3,(H,20,23,26). The van der Waals surface area contributed by atoms with Crippen molar-refractivity contribution in [3.05, 3.63) is 33.7 Å². The van der Waals surface area contributed by atoms with Crippen LogP contribution in [0.25, 0.3) is 22.6 Å². The van der Waals surface area contributed by atoms with Gasteiger partial charge in [-0.15, -0.1) is 20.4 Å². The number of halogens is 1. The van der Waals surface area contributed by atoms with Gasteiger partial charge in [0.15, 0.2) is 16.7 Å². The minimum absolute atomic E-state index is 0.160. The number of carbonyl (C=O) groups excluding carboxylic acids is 1. The van der Waals surface area contributed by atoms with Gasteiger partial charge in [-0.3, -0.25) is 10.1 Å². The number of nitrogens with one attached hydrogen (secondary N) is 1. The van der Waals surface area contributed by atoms with Gasteiger partial charge in [0.25, 0.3) is 0 Å². The van der Waals surface area contributed by atoms with Gasteiger partial charge in [-0.25, -0.2) is 0 Å². The zero-order valence-corrected chi connectivity index (χ0v) is 18.9. The molecule has 1 N–H and O–H groups in total. The highest BCUT2D eigenvalue weighted by molar-refractivity contribution is 9.10. The molecule has 0 unspecified atom stereocenters. The number of furan rings is 1. The maximum atomic E-state index is 12.2. The van der Waals surface area contributed by atoms with E-state index in [1.165, 1.54) is 23.1 Å². The number of aromatic nitrogens is 5. The molecule has 0 spiro atoms. The maximum Gasteiger partial charge on any atom is 0.236 e. The molecule has 3 heterocycles. The third-order valence-corrected chi connectivity index (χ3v) is 6.46. The highest BCUT2D eigenvalue weighted by Gasteiger charge is 2.17. The van der Waals surface area contributed by atoms with Crippen molar-refractivity contribution in [2.24, 2.45) is 7.05 Å². The number of hydrogen-bond donors (Lipinski definition) is 1. The fraction of sp³-hybridized carbons (Fsp3) is 0.278. The van der Waals surface area contributed by atoms with Gasteiger partial charge < -0.3 is 8.98 Å². The van der Waals surface area contributed by atoms with Gasteiger partial charge >= 0.3 is 0 Å². The number of amides is 1. The summed E-state index contributed by atoms with van der Waals surface area (Å²) in [6.45, 7) is 2.08. The molecule has 8 nitrogen and oxygen atoms in total. The summed E-state index contributed by atoms with van der Waals surface area (Å²) in [5.41, 5.74) is 0.777. The Balaban J connectivity index is 1.42. The first-order valence-electron chi connectivity index (χ1n) is 8.87. The number of hydrogen-bond acceptors (Lipinski definition) is 8. The van der Waals surface area contributed by atoms with Gasteiger partial charge in [-0.1, -0.05) is 46.0 Å². The highest BCUT2D eigenvalue weighted by atomic mass is 79.9. The normalized spacial score (nSPS) is 11.3. The molecule has 0 fully saturated rings. The van der Waals surface area contributed by atoms with Crippen LogP contribution in [0.2, 0.25) is 0 Å². The van der Waals surface area contributed by atoms with Crippen LogP contribution < -0.4 is 5.32 Å². The Hall–Kier alpha value is -2.24. The molecule has 0 saturated heterocycles. The SMILES string of the molecule is CCCc1nnc(NC(=O)CSc2nnc(-c3cc4cc(Br)ccc4o3)n2C)s1. The summed E-state index contributed by atoms with van der Waals surface area (Å²) in [6.07, 6.45) is 1.86. The number of rotatable bonds is 7. The molecule has 0 aliphatic heterocycles. The molecular formula is C18H17BrN6O2S2. The smallest absolute Gasteiger partial charge is 0.236 e. The summed E-state index contributed by atoms with van der Waals surface area (Å²) in [5.74, 6) is 1.27. The second kappa shape index (κ2) is 8.64. The molecule has 150 valence electrons. The number of aryl methyl sites for hydroxylation is 1. The monoisotopic (exact) mass is 492 g/mol. The number of anilines is 1. The lowest BCUT2D eigenvalue weighted by molar-refractivity contribution is -0.113. The van der Waals surface area contributed by atoms with Gasteiger partial charge in [0, 0.05) is 23.3 Å². The fourth-order valence-electron chi connectivity index (χ4n) is 2.68. The average molecular weight is 493 g/mol. The van der Waals surface area contributed by atoms with E-state index in [0.717, 1.165) is 33.3 Å². The van der Waals surface area contributed by atoms with Crippen LogP contribution in [0.1, 0.15) is 18.4 Å². The molecule has 29 heavy (non-hydrogen) atoms. The summed E-state index contributed by atoms with van der Waals surface area (Å²) in [6, 6.07) is 7.74. The minimum atomic E-state index is -0.160. The quantitative estimate of drug-likeness (QED) is 0.378. The second-order valence-corrected chi connectivity index (χ2v) is 9.17. The first-order valence-corrected chi connectivity index (χ1v) is 11.5. The molecule has 0 radical (unpaired) electrons. The summed E-state index contributed by atoms with van der Waals surface area (Å²) >= 11 is 6.16. The van der Waals surface area contributed by atoms with Crippen LogP contribution in [0.15, 0.2) is 38.3 Å².